The highest BCUT2D eigenvalue weighted by atomic mass is 32.2. The van der Waals surface area contributed by atoms with Gasteiger partial charge >= 0.3 is 0 Å². The van der Waals surface area contributed by atoms with Crippen LogP contribution in [-0.4, -0.2) is 49.9 Å². The molecule has 2 N–H and O–H groups in total. The Labute approximate surface area is 241 Å². The van der Waals surface area contributed by atoms with Gasteiger partial charge in [0.1, 0.15) is 17.2 Å². The van der Waals surface area contributed by atoms with E-state index in [1.807, 2.05) is 31.2 Å². The van der Waals surface area contributed by atoms with Gasteiger partial charge in [0.2, 0.25) is 10.0 Å². The molecular formula is C31H26FN5O4S. The minimum absolute atomic E-state index is 0.284. The van der Waals surface area contributed by atoms with Crippen molar-refractivity contribution in [1.82, 2.24) is 20.5 Å². The number of aromatic amines is 1. The first-order chi connectivity index (χ1) is 20.0. The van der Waals surface area contributed by atoms with Gasteiger partial charge in [-0.1, -0.05) is 35.9 Å². The Morgan fingerprint density at radius 1 is 1.02 bits per heavy atom. The molecule has 0 saturated carbocycles. The SMILES string of the molecule is CNC(=O)c1c(-c2ccc(C)cc2)oc2cc(N(C)S(C)(=O)=O)c(-c3cc(-c4cc5c(F)cccc5[nH]4)cnn3)cc12. The first-order valence-electron chi connectivity index (χ1n) is 13.0. The molecule has 0 fully saturated rings. The van der Waals surface area contributed by atoms with E-state index in [1.54, 1.807) is 36.4 Å². The van der Waals surface area contributed by atoms with Crippen molar-refractivity contribution in [2.75, 3.05) is 24.7 Å². The molecule has 212 valence electrons. The van der Waals surface area contributed by atoms with Crippen LogP contribution in [-0.2, 0) is 10.0 Å². The Bertz CT molecular complexity index is 2120. The summed E-state index contributed by atoms with van der Waals surface area (Å²) in [6, 6.07) is 19.0. The second-order valence-corrected chi connectivity index (χ2v) is 12.1. The molecule has 11 heteroatoms. The van der Waals surface area contributed by atoms with Crippen LogP contribution in [0.3, 0.4) is 0 Å². The zero-order valence-electron chi connectivity index (χ0n) is 23.2. The summed E-state index contributed by atoms with van der Waals surface area (Å²) in [5, 5.41) is 12.1. The number of aryl methyl sites for hydroxylation is 1. The number of halogens is 1. The Balaban J connectivity index is 1.60. The van der Waals surface area contributed by atoms with Crippen molar-refractivity contribution in [3.8, 4) is 33.8 Å². The Morgan fingerprint density at radius 2 is 1.79 bits per heavy atom. The van der Waals surface area contributed by atoms with E-state index in [2.05, 4.69) is 20.5 Å². The summed E-state index contributed by atoms with van der Waals surface area (Å²) in [4.78, 5) is 16.4. The number of nitrogens with zero attached hydrogens (tertiary/aromatic N) is 3. The number of H-pyrrole nitrogens is 1. The maximum Gasteiger partial charge on any atom is 0.255 e. The lowest BCUT2D eigenvalue weighted by atomic mass is 10.00. The maximum absolute atomic E-state index is 14.4. The van der Waals surface area contributed by atoms with Crippen LogP contribution >= 0.6 is 0 Å². The number of anilines is 1. The van der Waals surface area contributed by atoms with Crippen LogP contribution in [0, 0.1) is 12.7 Å². The van der Waals surface area contributed by atoms with Crippen molar-refractivity contribution >= 4 is 43.5 Å². The highest BCUT2D eigenvalue weighted by Crippen LogP contribution is 2.41. The molecule has 9 nitrogen and oxygen atoms in total. The first kappa shape index (κ1) is 27.2. The van der Waals surface area contributed by atoms with Crippen molar-refractivity contribution in [3.63, 3.8) is 0 Å². The van der Waals surface area contributed by atoms with Crippen molar-refractivity contribution in [1.29, 1.82) is 0 Å². The Kier molecular flexibility index (Phi) is 6.53. The summed E-state index contributed by atoms with van der Waals surface area (Å²) in [6.07, 6.45) is 2.63. The van der Waals surface area contributed by atoms with E-state index in [4.69, 9.17) is 4.42 Å². The van der Waals surface area contributed by atoms with E-state index in [9.17, 15) is 17.6 Å². The minimum atomic E-state index is -3.70. The fourth-order valence-corrected chi connectivity index (χ4v) is 5.46. The standard InChI is InChI=1S/C31H26FN5O4S/c1-17-8-10-18(11-9-17)30-29(31(38)33-2)22-13-21(27(15-28(22)41-30)37(3)42(4,39)40)26-12-19(16-34-36-26)25-14-20-23(32)6-5-7-24(20)35-25/h5-16,35H,1-4H3,(H,33,38). The lowest BCUT2D eigenvalue weighted by Crippen LogP contribution is -2.25. The monoisotopic (exact) mass is 583 g/mol. The molecule has 6 rings (SSSR count). The van der Waals surface area contributed by atoms with Gasteiger partial charge in [-0.05, 0) is 37.3 Å². The summed E-state index contributed by atoms with van der Waals surface area (Å²) in [5.41, 5.74) is 5.27. The van der Waals surface area contributed by atoms with Crippen LogP contribution in [0.4, 0.5) is 10.1 Å². The first-order valence-corrected chi connectivity index (χ1v) is 14.8. The van der Waals surface area contributed by atoms with E-state index < -0.39 is 10.0 Å². The maximum atomic E-state index is 14.4. The summed E-state index contributed by atoms with van der Waals surface area (Å²) in [5.74, 6) is -0.361. The lowest BCUT2D eigenvalue weighted by Gasteiger charge is -2.20. The van der Waals surface area contributed by atoms with E-state index in [1.165, 1.54) is 26.4 Å². The molecule has 3 heterocycles. The number of carbonyl (C=O) groups excluding carboxylic acids is 1. The van der Waals surface area contributed by atoms with E-state index >= 15 is 0 Å². The second kappa shape index (κ2) is 10.1. The number of furan rings is 1. The number of aromatic nitrogens is 3. The van der Waals surface area contributed by atoms with Gasteiger partial charge < -0.3 is 14.7 Å². The third kappa shape index (κ3) is 4.67. The van der Waals surface area contributed by atoms with E-state index in [-0.39, 0.29) is 17.4 Å². The highest BCUT2D eigenvalue weighted by molar-refractivity contribution is 7.92. The number of benzene rings is 3. The van der Waals surface area contributed by atoms with Gasteiger partial charge in [0.25, 0.3) is 5.91 Å². The largest absolute Gasteiger partial charge is 0.455 e. The third-order valence-corrected chi connectivity index (χ3v) is 8.45. The van der Waals surface area contributed by atoms with Crippen LogP contribution in [0.1, 0.15) is 15.9 Å². The molecule has 6 aromatic rings. The molecule has 1 amide bonds. The summed E-state index contributed by atoms with van der Waals surface area (Å²) >= 11 is 0. The van der Waals surface area contributed by atoms with Gasteiger partial charge in [-0.2, -0.15) is 10.2 Å². The summed E-state index contributed by atoms with van der Waals surface area (Å²) in [6.45, 7) is 1.96. The van der Waals surface area contributed by atoms with Gasteiger partial charge in [0.05, 0.1) is 29.4 Å². The van der Waals surface area contributed by atoms with Crippen LogP contribution < -0.4 is 9.62 Å². The molecule has 0 saturated heterocycles. The van der Waals surface area contributed by atoms with Crippen molar-refractivity contribution in [2.24, 2.45) is 0 Å². The summed E-state index contributed by atoms with van der Waals surface area (Å²) < 4.78 is 47.1. The quantitative estimate of drug-likeness (QED) is 0.252. The Hall–Kier alpha value is -5.03. The predicted molar refractivity (Wildman–Crippen MR) is 161 cm³/mol. The van der Waals surface area contributed by atoms with Crippen LogP contribution in [0.5, 0.6) is 0 Å². The average Bonchev–Trinajstić information content (AvgIpc) is 3.58. The molecule has 3 aromatic heterocycles. The molecule has 0 aliphatic heterocycles. The molecule has 42 heavy (non-hydrogen) atoms. The molecule has 0 spiro atoms. The van der Waals surface area contributed by atoms with Crippen molar-refractivity contribution in [3.05, 3.63) is 89.9 Å². The average molecular weight is 584 g/mol. The van der Waals surface area contributed by atoms with Gasteiger partial charge in [-0.15, -0.1) is 0 Å². The lowest BCUT2D eigenvalue weighted by molar-refractivity contribution is 0.0964. The van der Waals surface area contributed by atoms with Crippen LogP contribution in [0.2, 0.25) is 0 Å². The smallest absolute Gasteiger partial charge is 0.255 e. The molecule has 3 aromatic carbocycles. The second-order valence-electron chi connectivity index (χ2n) is 10.1. The number of hydrogen-bond donors (Lipinski definition) is 2. The molecule has 0 bridgehead atoms. The fourth-order valence-electron chi connectivity index (χ4n) is 4.95. The molecular weight excluding hydrogens is 557 g/mol. The van der Waals surface area contributed by atoms with Crippen LogP contribution in [0.15, 0.2) is 77.3 Å². The Morgan fingerprint density at radius 3 is 2.48 bits per heavy atom. The topological polar surface area (TPSA) is 121 Å². The highest BCUT2D eigenvalue weighted by Gasteiger charge is 2.26. The van der Waals surface area contributed by atoms with Crippen molar-refractivity contribution < 1.29 is 22.0 Å². The molecule has 0 aliphatic carbocycles. The zero-order chi connectivity index (χ0) is 29.8. The third-order valence-electron chi connectivity index (χ3n) is 7.26. The normalized spacial score (nSPS) is 11.7. The number of hydrogen-bond acceptors (Lipinski definition) is 6. The number of fused-ring (bicyclic) bond motifs is 2. The zero-order valence-corrected chi connectivity index (χ0v) is 24.0. The number of amides is 1. The number of nitrogens with one attached hydrogen (secondary N) is 2. The summed E-state index contributed by atoms with van der Waals surface area (Å²) in [7, 11) is -0.740. The van der Waals surface area contributed by atoms with Crippen LogP contribution in [0.25, 0.3) is 55.7 Å². The van der Waals surface area contributed by atoms with Gasteiger partial charge in [-0.3, -0.25) is 9.10 Å². The van der Waals surface area contributed by atoms with E-state index in [0.29, 0.717) is 61.3 Å². The minimum Gasteiger partial charge on any atom is -0.455 e. The predicted octanol–water partition coefficient (Wildman–Crippen LogP) is 5.91. The number of sulfonamides is 1. The molecule has 0 atom stereocenters. The number of carbonyl (C=O) groups is 1. The van der Waals surface area contributed by atoms with Gasteiger partial charge in [-0.25, -0.2) is 12.8 Å². The van der Waals surface area contributed by atoms with E-state index in [0.717, 1.165) is 16.1 Å². The fraction of sp³-hybridized carbons (Fsp3) is 0.129. The number of rotatable bonds is 6. The van der Waals surface area contributed by atoms with Gasteiger partial charge in [0, 0.05) is 58.8 Å². The van der Waals surface area contributed by atoms with Crippen molar-refractivity contribution in [2.45, 2.75) is 6.92 Å². The molecule has 0 aliphatic rings. The molecule has 0 radical (unpaired) electrons. The van der Waals surface area contributed by atoms with Gasteiger partial charge in [0.15, 0.2) is 0 Å². The molecule has 0 unspecified atom stereocenters.